The number of benzene rings is 1. The third-order valence-corrected chi connectivity index (χ3v) is 7.93. The summed E-state index contributed by atoms with van der Waals surface area (Å²) in [6.07, 6.45) is 4.38. The number of nitrogens with zero attached hydrogens (tertiary/aromatic N) is 3. The van der Waals surface area contributed by atoms with Crippen LogP contribution in [0.4, 0.5) is 9.18 Å². The second-order valence-corrected chi connectivity index (χ2v) is 11.6. The monoisotopic (exact) mass is 494 g/mol. The fourth-order valence-corrected chi connectivity index (χ4v) is 5.48. The molecule has 0 spiro atoms. The molecule has 3 unspecified atom stereocenters. The summed E-state index contributed by atoms with van der Waals surface area (Å²) in [6.45, 7) is 1.95. The number of hydrogen-bond donors (Lipinski definition) is 1. The highest BCUT2D eigenvalue weighted by molar-refractivity contribution is 7.90. The molecule has 0 radical (unpaired) electrons. The average molecular weight is 495 g/mol. The molecule has 3 heterocycles. The first-order chi connectivity index (χ1) is 16.0. The lowest BCUT2D eigenvalue weighted by atomic mass is 10.0. The van der Waals surface area contributed by atoms with Crippen molar-refractivity contribution in [3.8, 4) is 11.4 Å². The Balaban J connectivity index is 1.22. The summed E-state index contributed by atoms with van der Waals surface area (Å²) in [5.74, 6) is -0.805. The van der Waals surface area contributed by atoms with Gasteiger partial charge in [0.15, 0.2) is 16.1 Å². The average Bonchev–Trinajstić information content (AvgIpc) is 3.17. The maximum Gasteiger partial charge on any atom is 0.410 e. The van der Waals surface area contributed by atoms with E-state index < -0.39 is 26.8 Å². The predicted molar refractivity (Wildman–Crippen MR) is 117 cm³/mol. The van der Waals surface area contributed by atoms with E-state index in [2.05, 4.69) is 10.1 Å². The number of aromatic nitrogens is 2. The number of nitrogens with two attached hydrogens (primary N) is 1. The highest BCUT2D eigenvalue weighted by Crippen LogP contribution is 2.43. The standard InChI is InChI=1S/C22H27FN4O6S/c1-22(7-8-22)32-21(28)27-13-4-5-14(27)11-15(10-13)31-18(24)20-25-19(26-33-20)12-3-6-17(16(23)9-12)34(2,29)30/h3,6,9,13-15,18H,4-5,7-8,10-11,24H2,1-2H3. The highest BCUT2D eigenvalue weighted by Gasteiger charge is 2.49. The second-order valence-electron chi connectivity index (χ2n) is 9.63. The molecule has 1 aromatic carbocycles. The molecule has 2 saturated heterocycles. The van der Waals surface area contributed by atoms with Crippen LogP contribution in [0.2, 0.25) is 0 Å². The van der Waals surface area contributed by atoms with E-state index >= 15 is 0 Å². The molecule has 2 bridgehead atoms. The van der Waals surface area contributed by atoms with E-state index in [0.29, 0.717) is 12.8 Å². The molecule has 1 aliphatic carbocycles. The fraction of sp³-hybridized carbons (Fsp3) is 0.591. The SMILES string of the molecule is CC1(OC(=O)N2C3CCC2CC(OC(N)c2nc(-c4ccc(S(C)(=O)=O)c(F)c4)no2)C3)CC1. The summed E-state index contributed by atoms with van der Waals surface area (Å²) in [6, 6.07) is 3.67. The number of hydrogen-bond acceptors (Lipinski definition) is 9. The zero-order valence-corrected chi connectivity index (χ0v) is 19.8. The first kappa shape index (κ1) is 23.2. The smallest absolute Gasteiger partial charge is 0.410 e. The van der Waals surface area contributed by atoms with Crippen LogP contribution in [0, 0.1) is 5.82 Å². The van der Waals surface area contributed by atoms with E-state index in [-0.39, 0.29) is 47.2 Å². The Kier molecular flexibility index (Phi) is 5.64. The molecule has 1 saturated carbocycles. The molecule has 1 aromatic heterocycles. The van der Waals surface area contributed by atoms with Crippen LogP contribution in [-0.4, -0.2) is 59.6 Å². The van der Waals surface area contributed by atoms with E-state index in [1.165, 1.54) is 6.07 Å². The number of carbonyl (C=O) groups excluding carboxylic acids is 1. The number of piperidine rings is 1. The molecule has 2 aromatic rings. The zero-order valence-electron chi connectivity index (χ0n) is 18.9. The van der Waals surface area contributed by atoms with Crippen molar-refractivity contribution in [2.75, 3.05) is 6.26 Å². The van der Waals surface area contributed by atoms with Crippen molar-refractivity contribution < 1.29 is 31.6 Å². The molecule has 3 atom stereocenters. The molecule has 2 aliphatic heterocycles. The van der Waals surface area contributed by atoms with E-state index in [4.69, 9.17) is 19.7 Å². The van der Waals surface area contributed by atoms with Gasteiger partial charge in [0.05, 0.1) is 6.10 Å². The number of halogens is 1. The number of ether oxygens (including phenoxy) is 2. The van der Waals surface area contributed by atoms with Crippen molar-refractivity contribution >= 4 is 15.9 Å². The number of amides is 1. The molecule has 34 heavy (non-hydrogen) atoms. The van der Waals surface area contributed by atoms with Gasteiger partial charge < -0.3 is 18.9 Å². The van der Waals surface area contributed by atoms with Gasteiger partial charge in [-0.05, 0) is 63.6 Å². The summed E-state index contributed by atoms with van der Waals surface area (Å²) in [5, 5.41) is 3.82. The minimum atomic E-state index is -3.69. The van der Waals surface area contributed by atoms with Crippen molar-refractivity contribution in [1.29, 1.82) is 0 Å². The third-order valence-electron chi connectivity index (χ3n) is 6.80. The molecule has 3 aliphatic rings. The molecule has 3 fully saturated rings. The molecule has 5 rings (SSSR count). The van der Waals surface area contributed by atoms with Gasteiger partial charge >= 0.3 is 6.09 Å². The quantitative estimate of drug-likeness (QED) is 0.601. The number of sulfone groups is 1. The van der Waals surface area contributed by atoms with Gasteiger partial charge in [0.2, 0.25) is 5.82 Å². The molecular formula is C22H27FN4O6S. The number of rotatable bonds is 6. The maximum absolute atomic E-state index is 14.2. The summed E-state index contributed by atoms with van der Waals surface area (Å²) in [4.78, 5) is 18.3. The Hall–Kier alpha value is -2.57. The van der Waals surface area contributed by atoms with Crippen LogP contribution in [0.1, 0.15) is 57.6 Å². The van der Waals surface area contributed by atoms with Crippen molar-refractivity contribution in [3.05, 3.63) is 29.9 Å². The van der Waals surface area contributed by atoms with Gasteiger partial charge in [-0.2, -0.15) is 4.98 Å². The van der Waals surface area contributed by atoms with Gasteiger partial charge in [0.1, 0.15) is 16.3 Å². The lowest BCUT2D eigenvalue weighted by Gasteiger charge is -2.39. The Bertz CT molecular complexity index is 1200. The van der Waals surface area contributed by atoms with E-state index in [0.717, 1.165) is 44.1 Å². The molecule has 2 N–H and O–H groups in total. The molecule has 12 heteroatoms. The summed E-state index contributed by atoms with van der Waals surface area (Å²) >= 11 is 0. The minimum absolute atomic E-state index is 0.0263. The van der Waals surface area contributed by atoms with Crippen molar-refractivity contribution in [1.82, 2.24) is 15.0 Å². The third kappa shape index (κ3) is 4.53. The van der Waals surface area contributed by atoms with Crippen LogP contribution in [0.3, 0.4) is 0 Å². The Morgan fingerprint density at radius 2 is 1.97 bits per heavy atom. The summed E-state index contributed by atoms with van der Waals surface area (Å²) in [7, 11) is -3.69. The second kappa shape index (κ2) is 8.28. The van der Waals surface area contributed by atoms with Crippen molar-refractivity contribution in [3.63, 3.8) is 0 Å². The van der Waals surface area contributed by atoms with Gasteiger partial charge in [-0.1, -0.05) is 5.16 Å². The van der Waals surface area contributed by atoms with Crippen molar-refractivity contribution in [2.45, 2.75) is 80.4 Å². The van der Waals surface area contributed by atoms with Gasteiger partial charge in [-0.25, -0.2) is 17.6 Å². The van der Waals surface area contributed by atoms with E-state index in [9.17, 15) is 17.6 Å². The van der Waals surface area contributed by atoms with Gasteiger partial charge in [-0.3, -0.25) is 5.73 Å². The lowest BCUT2D eigenvalue weighted by Crippen LogP contribution is -2.50. The normalized spacial score (nSPS) is 26.4. The largest absolute Gasteiger partial charge is 0.443 e. The molecular weight excluding hydrogens is 467 g/mol. The Morgan fingerprint density at radius 1 is 1.29 bits per heavy atom. The van der Waals surface area contributed by atoms with Gasteiger partial charge in [-0.15, -0.1) is 0 Å². The molecule has 10 nitrogen and oxygen atoms in total. The summed E-state index contributed by atoms with van der Waals surface area (Å²) in [5.41, 5.74) is 6.09. The predicted octanol–water partition coefficient (Wildman–Crippen LogP) is 2.94. The maximum atomic E-state index is 14.2. The topological polar surface area (TPSA) is 138 Å². The number of carbonyl (C=O) groups is 1. The van der Waals surface area contributed by atoms with Crippen LogP contribution in [0.15, 0.2) is 27.6 Å². The highest BCUT2D eigenvalue weighted by atomic mass is 32.2. The van der Waals surface area contributed by atoms with Crippen molar-refractivity contribution in [2.24, 2.45) is 5.73 Å². The molecule has 1 amide bonds. The first-order valence-corrected chi connectivity index (χ1v) is 13.2. The zero-order chi connectivity index (χ0) is 24.3. The Labute approximate surface area is 196 Å². The van der Waals surface area contributed by atoms with Crippen LogP contribution < -0.4 is 5.73 Å². The van der Waals surface area contributed by atoms with Crippen LogP contribution in [0.5, 0.6) is 0 Å². The number of fused-ring (bicyclic) bond motifs is 2. The first-order valence-electron chi connectivity index (χ1n) is 11.3. The lowest BCUT2D eigenvalue weighted by molar-refractivity contribution is -0.0697. The van der Waals surface area contributed by atoms with E-state index in [1.807, 2.05) is 11.8 Å². The van der Waals surface area contributed by atoms with Gasteiger partial charge in [0, 0.05) is 23.9 Å². The van der Waals surface area contributed by atoms with Gasteiger partial charge in [0.25, 0.3) is 5.89 Å². The fourth-order valence-electron chi connectivity index (χ4n) is 4.75. The Morgan fingerprint density at radius 3 is 2.56 bits per heavy atom. The minimum Gasteiger partial charge on any atom is -0.443 e. The van der Waals surface area contributed by atoms with Crippen LogP contribution >= 0.6 is 0 Å². The van der Waals surface area contributed by atoms with Crippen LogP contribution in [0.25, 0.3) is 11.4 Å². The van der Waals surface area contributed by atoms with E-state index in [1.54, 1.807) is 0 Å². The van der Waals surface area contributed by atoms with Crippen LogP contribution in [-0.2, 0) is 19.3 Å². The summed E-state index contributed by atoms with van der Waals surface area (Å²) < 4.78 is 54.3. The molecule has 184 valence electrons.